The number of carbonyl (C=O) groups is 2. The molecule has 1 atom stereocenters. The molecule has 25 heavy (non-hydrogen) atoms. The van der Waals surface area contributed by atoms with Gasteiger partial charge in [-0.2, -0.15) is 0 Å². The molecule has 2 N–H and O–H groups in total. The molecular weight excluding hydrogens is 320 g/mol. The molecule has 6 heteroatoms. The molecular formula is C19H20N2O4. The Hall–Kier alpha value is -3.02. The highest BCUT2D eigenvalue weighted by atomic mass is 16.5. The molecule has 130 valence electrons. The second-order valence-corrected chi connectivity index (χ2v) is 5.79. The van der Waals surface area contributed by atoms with E-state index in [0.717, 1.165) is 18.6 Å². The number of carbonyl (C=O) groups excluding carboxylic acids is 2. The Kier molecular flexibility index (Phi) is 5.51. The number of allylic oxidation sites excluding steroid dienone is 2. The molecule has 1 aliphatic carbocycles. The summed E-state index contributed by atoms with van der Waals surface area (Å²) in [5.41, 5.74) is 4.84. The summed E-state index contributed by atoms with van der Waals surface area (Å²) < 4.78 is 11.0. The van der Waals surface area contributed by atoms with Crippen molar-refractivity contribution in [1.82, 2.24) is 10.9 Å². The van der Waals surface area contributed by atoms with Gasteiger partial charge in [0, 0.05) is 5.92 Å². The summed E-state index contributed by atoms with van der Waals surface area (Å²) in [4.78, 5) is 24.0. The van der Waals surface area contributed by atoms with E-state index in [1.165, 1.54) is 0 Å². The van der Waals surface area contributed by atoms with E-state index in [9.17, 15) is 9.59 Å². The van der Waals surface area contributed by atoms with Crippen molar-refractivity contribution in [3.63, 3.8) is 0 Å². The van der Waals surface area contributed by atoms with Gasteiger partial charge in [0.2, 0.25) is 5.91 Å². The van der Waals surface area contributed by atoms with Crippen LogP contribution in [0.1, 0.15) is 35.6 Å². The second-order valence-electron chi connectivity index (χ2n) is 5.79. The topological polar surface area (TPSA) is 80.6 Å². The number of para-hydroxylation sites is 1. The fourth-order valence-electron chi connectivity index (χ4n) is 2.56. The largest absolute Gasteiger partial charge is 0.486 e. The number of nitrogens with one attached hydrogen (secondary N) is 2. The zero-order chi connectivity index (χ0) is 17.5. The SMILES string of the molecule is O=C(NNC(=O)C1CC=CCC1)c1ccc(COc2ccccc2)o1. The van der Waals surface area contributed by atoms with Crippen LogP contribution in [0.15, 0.2) is 59.0 Å². The van der Waals surface area contributed by atoms with Crippen LogP contribution in [0.5, 0.6) is 5.75 Å². The Labute approximate surface area is 145 Å². The summed E-state index contributed by atoms with van der Waals surface area (Å²) in [6, 6.07) is 12.6. The molecule has 2 amide bonds. The van der Waals surface area contributed by atoms with Crippen LogP contribution in [-0.2, 0) is 11.4 Å². The van der Waals surface area contributed by atoms with Gasteiger partial charge in [-0.15, -0.1) is 0 Å². The highest BCUT2D eigenvalue weighted by molar-refractivity contribution is 5.93. The predicted octanol–water partition coefficient (Wildman–Crippen LogP) is 2.98. The maximum absolute atomic E-state index is 12.0. The Bertz CT molecular complexity index is 752. The Morgan fingerprint density at radius 3 is 2.68 bits per heavy atom. The molecule has 1 unspecified atom stereocenters. The van der Waals surface area contributed by atoms with Crippen molar-refractivity contribution >= 4 is 11.8 Å². The standard InChI is InChI=1S/C19H20N2O4/c22-18(14-7-3-1-4-8-14)20-21-19(23)17-12-11-16(25-17)13-24-15-9-5-2-6-10-15/h1-3,5-6,9-12,14H,4,7-8,13H2,(H,20,22)(H,21,23). The maximum Gasteiger partial charge on any atom is 0.305 e. The van der Waals surface area contributed by atoms with Gasteiger partial charge >= 0.3 is 5.91 Å². The van der Waals surface area contributed by atoms with Crippen molar-refractivity contribution in [3.8, 4) is 5.75 Å². The monoisotopic (exact) mass is 340 g/mol. The minimum atomic E-state index is -0.495. The first-order valence-corrected chi connectivity index (χ1v) is 8.24. The second kappa shape index (κ2) is 8.19. The van der Waals surface area contributed by atoms with Crippen LogP contribution in [0, 0.1) is 5.92 Å². The smallest absolute Gasteiger partial charge is 0.305 e. The molecule has 0 bridgehead atoms. The van der Waals surface area contributed by atoms with Crippen molar-refractivity contribution in [3.05, 3.63) is 66.1 Å². The van der Waals surface area contributed by atoms with E-state index in [4.69, 9.17) is 9.15 Å². The van der Waals surface area contributed by atoms with E-state index in [-0.39, 0.29) is 24.2 Å². The average molecular weight is 340 g/mol. The summed E-state index contributed by atoms with van der Waals surface area (Å²) in [6.07, 6.45) is 6.42. The number of rotatable bonds is 5. The minimum Gasteiger partial charge on any atom is -0.486 e. The van der Waals surface area contributed by atoms with Crippen LogP contribution in [0.4, 0.5) is 0 Å². The molecule has 0 fully saturated rings. The molecule has 2 aromatic rings. The summed E-state index contributed by atoms with van der Waals surface area (Å²) in [7, 11) is 0. The Morgan fingerprint density at radius 2 is 1.92 bits per heavy atom. The van der Waals surface area contributed by atoms with Gasteiger partial charge in [-0.1, -0.05) is 30.4 Å². The number of hydrogen-bond acceptors (Lipinski definition) is 4. The first-order valence-electron chi connectivity index (χ1n) is 8.24. The van der Waals surface area contributed by atoms with Crippen molar-refractivity contribution in [2.75, 3.05) is 0 Å². The van der Waals surface area contributed by atoms with Crippen LogP contribution in [0.3, 0.4) is 0 Å². The van der Waals surface area contributed by atoms with E-state index in [1.807, 2.05) is 36.4 Å². The summed E-state index contributed by atoms with van der Waals surface area (Å²) >= 11 is 0. The number of hydrogen-bond donors (Lipinski definition) is 2. The van der Waals surface area contributed by atoms with Gasteiger partial charge < -0.3 is 9.15 Å². The number of furan rings is 1. The van der Waals surface area contributed by atoms with Crippen LogP contribution >= 0.6 is 0 Å². The van der Waals surface area contributed by atoms with E-state index in [2.05, 4.69) is 16.9 Å². The molecule has 1 aromatic heterocycles. The number of ether oxygens (including phenoxy) is 1. The minimum absolute atomic E-state index is 0.100. The summed E-state index contributed by atoms with van der Waals surface area (Å²) in [5.74, 6) is 0.589. The van der Waals surface area contributed by atoms with Crippen LogP contribution < -0.4 is 15.6 Å². The lowest BCUT2D eigenvalue weighted by molar-refractivity contribution is -0.126. The highest BCUT2D eigenvalue weighted by Gasteiger charge is 2.20. The fourth-order valence-corrected chi connectivity index (χ4v) is 2.56. The zero-order valence-electron chi connectivity index (χ0n) is 13.7. The van der Waals surface area contributed by atoms with Crippen LogP contribution in [-0.4, -0.2) is 11.8 Å². The van der Waals surface area contributed by atoms with E-state index >= 15 is 0 Å². The normalized spacial score (nSPS) is 16.2. The maximum atomic E-state index is 12.0. The molecule has 0 radical (unpaired) electrons. The highest BCUT2D eigenvalue weighted by Crippen LogP contribution is 2.18. The molecule has 1 aliphatic rings. The lowest BCUT2D eigenvalue weighted by Gasteiger charge is -2.17. The van der Waals surface area contributed by atoms with Crippen molar-refractivity contribution in [2.45, 2.75) is 25.9 Å². The molecule has 0 saturated carbocycles. The third kappa shape index (κ3) is 4.73. The number of amides is 2. The molecule has 1 aromatic carbocycles. The number of hydrazine groups is 1. The molecule has 0 aliphatic heterocycles. The molecule has 0 saturated heterocycles. The van der Waals surface area contributed by atoms with Gasteiger partial charge in [0.1, 0.15) is 18.1 Å². The van der Waals surface area contributed by atoms with Crippen molar-refractivity contribution in [1.29, 1.82) is 0 Å². The van der Waals surface area contributed by atoms with Crippen LogP contribution in [0.2, 0.25) is 0 Å². The first kappa shape index (κ1) is 16.8. The third-order valence-electron chi connectivity index (χ3n) is 3.95. The average Bonchev–Trinajstić information content (AvgIpc) is 3.15. The third-order valence-corrected chi connectivity index (χ3v) is 3.95. The Morgan fingerprint density at radius 1 is 1.08 bits per heavy atom. The lowest BCUT2D eigenvalue weighted by atomic mass is 9.94. The molecule has 0 spiro atoms. The van der Waals surface area contributed by atoms with Gasteiger partial charge in [0.15, 0.2) is 5.76 Å². The van der Waals surface area contributed by atoms with E-state index < -0.39 is 5.91 Å². The first-order chi connectivity index (χ1) is 12.2. The summed E-state index contributed by atoms with van der Waals surface area (Å²) in [6.45, 7) is 0.220. The summed E-state index contributed by atoms with van der Waals surface area (Å²) in [5, 5.41) is 0. The molecule has 3 rings (SSSR count). The van der Waals surface area contributed by atoms with Gasteiger partial charge in [-0.05, 0) is 43.5 Å². The molecule has 1 heterocycles. The van der Waals surface area contributed by atoms with Gasteiger partial charge in [0.25, 0.3) is 0 Å². The van der Waals surface area contributed by atoms with Crippen LogP contribution in [0.25, 0.3) is 0 Å². The van der Waals surface area contributed by atoms with Gasteiger partial charge in [-0.3, -0.25) is 20.4 Å². The molecule has 6 nitrogen and oxygen atoms in total. The zero-order valence-corrected chi connectivity index (χ0v) is 13.7. The van der Waals surface area contributed by atoms with Gasteiger partial charge in [0.05, 0.1) is 0 Å². The van der Waals surface area contributed by atoms with Crippen molar-refractivity contribution < 1.29 is 18.7 Å². The van der Waals surface area contributed by atoms with Gasteiger partial charge in [-0.25, -0.2) is 0 Å². The fraction of sp³-hybridized carbons (Fsp3) is 0.263. The Balaban J connectivity index is 1.47. The predicted molar refractivity (Wildman–Crippen MR) is 91.6 cm³/mol. The lowest BCUT2D eigenvalue weighted by Crippen LogP contribution is -2.44. The van der Waals surface area contributed by atoms with E-state index in [1.54, 1.807) is 12.1 Å². The quantitative estimate of drug-likeness (QED) is 0.648. The number of benzene rings is 1. The van der Waals surface area contributed by atoms with Crippen molar-refractivity contribution in [2.24, 2.45) is 5.92 Å². The van der Waals surface area contributed by atoms with E-state index in [0.29, 0.717) is 12.2 Å².